The van der Waals surface area contributed by atoms with Crippen molar-refractivity contribution in [1.29, 1.82) is 0 Å². The second-order valence-corrected chi connectivity index (χ2v) is 6.56. The maximum atomic E-state index is 5.46. The molecule has 20 heavy (non-hydrogen) atoms. The average Bonchev–Trinajstić information content (AvgIpc) is 2.93. The number of aromatic nitrogens is 2. The Morgan fingerprint density at radius 1 is 1.25 bits per heavy atom. The van der Waals surface area contributed by atoms with Gasteiger partial charge in [0.15, 0.2) is 5.82 Å². The standard InChI is InChI=1S/C16H27N3O/c1-2-9-17-14(13-5-3-4-6-13)11-16-18-15(19-20-16)10-12-7-8-12/h12-14,17H,2-11H2,1H3. The van der Waals surface area contributed by atoms with Gasteiger partial charge in [0.2, 0.25) is 5.89 Å². The zero-order valence-electron chi connectivity index (χ0n) is 12.6. The lowest BCUT2D eigenvalue weighted by molar-refractivity contribution is 0.306. The van der Waals surface area contributed by atoms with Crippen molar-refractivity contribution in [2.24, 2.45) is 11.8 Å². The Hall–Kier alpha value is -0.900. The van der Waals surface area contributed by atoms with E-state index in [-0.39, 0.29) is 0 Å². The minimum absolute atomic E-state index is 0.520. The molecule has 4 nitrogen and oxygen atoms in total. The van der Waals surface area contributed by atoms with Crippen LogP contribution < -0.4 is 5.32 Å². The fourth-order valence-corrected chi connectivity index (χ4v) is 3.32. The van der Waals surface area contributed by atoms with Gasteiger partial charge in [0.25, 0.3) is 0 Å². The van der Waals surface area contributed by atoms with Crippen molar-refractivity contribution in [2.45, 2.75) is 70.8 Å². The Bertz CT molecular complexity index is 408. The van der Waals surface area contributed by atoms with Crippen molar-refractivity contribution < 1.29 is 4.52 Å². The van der Waals surface area contributed by atoms with E-state index < -0.39 is 0 Å². The van der Waals surface area contributed by atoms with Crippen LogP contribution in [0, 0.1) is 11.8 Å². The number of hydrogen-bond acceptors (Lipinski definition) is 4. The Morgan fingerprint density at radius 2 is 2.05 bits per heavy atom. The topological polar surface area (TPSA) is 51.0 Å². The smallest absolute Gasteiger partial charge is 0.228 e. The number of nitrogens with one attached hydrogen (secondary N) is 1. The van der Waals surface area contributed by atoms with Crippen LogP contribution in [0.2, 0.25) is 0 Å². The lowest BCUT2D eigenvalue weighted by Crippen LogP contribution is -2.37. The van der Waals surface area contributed by atoms with E-state index in [1.807, 2.05) is 0 Å². The molecule has 0 spiro atoms. The summed E-state index contributed by atoms with van der Waals surface area (Å²) in [5.74, 6) is 3.37. The molecule has 1 aromatic heterocycles. The van der Waals surface area contributed by atoms with Crippen molar-refractivity contribution in [3.8, 4) is 0 Å². The van der Waals surface area contributed by atoms with Gasteiger partial charge in [0.05, 0.1) is 0 Å². The monoisotopic (exact) mass is 277 g/mol. The van der Waals surface area contributed by atoms with E-state index in [9.17, 15) is 0 Å². The molecule has 0 radical (unpaired) electrons. The molecule has 0 amide bonds. The summed E-state index contributed by atoms with van der Waals surface area (Å²) in [5, 5.41) is 7.84. The lowest BCUT2D eigenvalue weighted by atomic mass is 9.95. The summed E-state index contributed by atoms with van der Waals surface area (Å²) < 4.78 is 5.46. The normalized spacial score (nSPS) is 21.4. The molecule has 1 unspecified atom stereocenters. The molecule has 0 aromatic carbocycles. The highest BCUT2D eigenvalue weighted by molar-refractivity contribution is 4.95. The fourth-order valence-electron chi connectivity index (χ4n) is 3.32. The van der Waals surface area contributed by atoms with E-state index in [4.69, 9.17) is 4.52 Å². The van der Waals surface area contributed by atoms with E-state index >= 15 is 0 Å². The van der Waals surface area contributed by atoms with Crippen LogP contribution in [0.15, 0.2) is 4.52 Å². The SMILES string of the molecule is CCCNC(Cc1nc(CC2CC2)no1)C1CCCC1. The van der Waals surface area contributed by atoms with Crippen LogP contribution in [-0.4, -0.2) is 22.7 Å². The molecular formula is C16H27N3O. The second-order valence-electron chi connectivity index (χ2n) is 6.56. The van der Waals surface area contributed by atoms with Gasteiger partial charge in [-0.05, 0) is 50.5 Å². The van der Waals surface area contributed by atoms with E-state index in [2.05, 4.69) is 22.4 Å². The predicted octanol–water partition coefficient (Wildman–Crippen LogP) is 3.12. The average molecular weight is 277 g/mol. The summed E-state index contributed by atoms with van der Waals surface area (Å²) in [6.45, 7) is 3.31. The first-order valence-electron chi connectivity index (χ1n) is 8.40. The Balaban J connectivity index is 1.57. The third-order valence-corrected chi connectivity index (χ3v) is 4.70. The quantitative estimate of drug-likeness (QED) is 0.793. The van der Waals surface area contributed by atoms with Crippen molar-refractivity contribution in [3.63, 3.8) is 0 Å². The minimum atomic E-state index is 0.520. The maximum Gasteiger partial charge on any atom is 0.228 e. The summed E-state index contributed by atoms with van der Waals surface area (Å²) >= 11 is 0. The molecular weight excluding hydrogens is 250 g/mol. The van der Waals surface area contributed by atoms with E-state index in [1.165, 1.54) is 44.9 Å². The predicted molar refractivity (Wildman–Crippen MR) is 78.5 cm³/mol. The zero-order valence-corrected chi connectivity index (χ0v) is 12.6. The van der Waals surface area contributed by atoms with Crippen LogP contribution in [0.4, 0.5) is 0 Å². The van der Waals surface area contributed by atoms with E-state index in [0.29, 0.717) is 6.04 Å². The first kappa shape index (κ1) is 14.1. The summed E-state index contributed by atoms with van der Waals surface area (Å²) in [7, 11) is 0. The molecule has 1 N–H and O–H groups in total. The van der Waals surface area contributed by atoms with Gasteiger partial charge < -0.3 is 9.84 Å². The first-order valence-corrected chi connectivity index (χ1v) is 8.40. The maximum absolute atomic E-state index is 5.46. The molecule has 1 atom stereocenters. The zero-order chi connectivity index (χ0) is 13.8. The highest BCUT2D eigenvalue weighted by Crippen LogP contribution is 2.32. The molecule has 0 saturated heterocycles. The van der Waals surface area contributed by atoms with Gasteiger partial charge in [-0.25, -0.2) is 0 Å². The van der Waals surface area contributed by atoms with Gasteiger partial charge in [-0.15, -0.1) is 0 Å². The summed E-state index contributed by atoms with van der Waals surface area (Å²) in [6, 6.07) is 0.520. The van der Waals surface area contributed by atoms with Crippen molar-refractivity contribution in [1.82, 2.24) is 15.5 Å². The van der Waals surface area contributed by atoms with Crippen molar-refractivity contribution in [3.05, 3.63) is 11.7 Å². The Morgan fingerprint density at radius 3 is 2.75 bits per heavy atom. The summed E-state index contributed by atoms with van der Waals surface area (Å²) in [4.78, 5) is 4.59. The van der Waals surface area contributed by atoms with Crippen molar-refractivity contribution in [2.75, 3.05) is 6.54 Å². The molecule has 1 heterocycles. The molecule has 2 fully saturated rings. The largest absolute Gasteiger partial charge is 0.339 e. The van der Waals surface area contributed by atoms with Gasteiger partial charge in [0.1, 0.15) is 0 Å². The Labute approximate surface area is 121 Å². The molecule has 2 aliphatic carbocycles. The van der Waals surface area contributed by atoms with Gasteiger partial charge in [-0.2, -0.15) is 4.98 Å². The van der Waals surface area contributed by atoms with Gasteiger partial charge >= 0.3 is 0 Å². The van der Waals surface area contributed by atoms with Crippen molar-refractivity contribution >= 4 is 0 Å². The third-order valence-electron chi connectivity index (χ3n) is 4.70. The van der Waals surface area contributed by atoms with Crippen LogP contribution in [0.1, 0.15) is 63.6 Å². The summed E-state index contributed by atoms with van der Waals surface area (Å²) in [5.41, 5.74) is 0. The minimum Gasteiger partial charge on any atom is -0.339 e. The van der Waals surface area contributed by atoms with Crippen LogP contribution in [0.5, 0.6) is 0 Å². The van der Waals surface area contributed by atoms with Crippen LogP contribution >= 0.6 is 0 Å². The van der Waals surface area contributed by atoms with Crippen LogP contribution in [0.3, 0.4) is 0 Å². The molecule has 1 aromatic rings. The van der Waals surface area contributed by atoms with E-state index in [1.54, 1.807) is 0 Å². The van der Waals surface area contributed by atoms with Gasteiger partial charge in [0, 0.05) is 18.9 Å². The molecule has 4 heteroatoms. The molecule has 0 aliphatic heterocycles. The molecule has 112 valence electrons. The van der Waals surface area contributed by atoms with Gasteiger partial charge in [-0.1, -0.05) is 24.9 Å². The molecule has 0 bridgehead atoms. The van der Waals surface area contributed by atoms with E-state index in [0.717, 1.165) is 42.9 Å². The molecule has 3 rings (SSSR count). The molecule has 2 saturated carbocycles. The van der Waals surface area contributed by atoms with Gasteiger partial charge in [-0.3, -0.25) is 0 Å². The highest BCUT2D eigenvalue weighted by Gasteiger charge is 2.27. The summed E-state index contributed by atoms with van der Waals surface area (Å²) in [6.07, 6.45) is 11.2. The second kappa shape index (κ2) is 6.70. The fraction of sp³-hybridized carbons (Fsp3) is 0.875. The number of nitrogens with zero attached hydrogens (tertiary/aromatic N) is 2. The van der Waals surface area contributed by atoms with Crippen LogP contribution in [-0.2, 0) is 12.8 Å². The lowest BCUT2D eigenvalue weighted by Gasteiger charge is -2.23. The first-order chi connectivity index (χ1) is 9.85. The van der Waals surface area contributed by atoms with Crippen LogP contribution in [0.25, 0.3) is 0 Å². The number of rotatable bonds is 8. The highest BCUT2D eigenvalue weighted by atomic mass is 16.5. The molecule has 2 aliphatic rings. The number of hydrogen-bond donors (Lipinski definition) is 1. The Kier molecular flexibility index (Phi) is 4.71. The third kappa shape index (κ3) is 3.81.